The third-order valence-corrected chi connectivity index (χ3v) is 2.01. The zero-order valence-electron chi connectivity index (χ0n) is 6.32. The van der Waals surface area contributed by atoms with Gasteiger partial charge in [0.05, 0.1) is 0 Å². The first-order valence-corrected chi connectivity index (χ1v) is 4.02. The van der Waals surface area contributed by atoms with Crippen LogP contribution in [0.2, 0.25) is 0 Å². The van der Waals surface area contributed by atoms with E-state index in [-0.39, 0.29) is 0 Å². The SMILES string of the molecule is C=C(CCCC)C1CC1. The molecule has 0 aromatic carbocycles. The van der Waals surface area contributed by atoms with E-state index >= 15 is 0 Å². The third kappa shape index (κ3) is 2.21. The van der Waals surface area contributed by atoms with Crippen molar-refractivity contribution in [2.75, 3.05) is 0 Å². The van der Waals surface area contributed by atoms with Crippen LogP contribution in [0, 0.1) is 5.92 Å². The molecule has 0 aliphatic heterocycles. The maximum absolute atomic E-state index is 4.05. The Hall–Kier alpha value is -0.260. The lowest BCUT2D eigenvalue weighted by molar-refractivity contribution is 0.751. The van der Waals surface area contributed by atoms with Gasteiger partial charge in [0.2, 0.25) is 0 Å². The first-order valence-electron chi connectivity index (χ1n) is 4.02. The number of hydrogen-bond acceptors (Lipinski definition) is 0. The fourth-order valence-corrected chi connectivity index (χ4v) is 1.10. The second kappa shape index (κ2) is 3.05. The molecule has 0 aromatic rings. The molecule has 0 unspecified atom stereocenters. The highest BCUT2D eigenvalue weighted by molar-refractivity contribution is 5.06. The predicted octanol–water partition coefficient (Wildman–Crippen LogP) is 3.14. The summed E-state index contributed by atoms with van der Waals surface area (Å²) in [5.41, 5.74) is 1.51. The van der Waals surface area contributed by atoms with Crippen LogP contribution in [0.5, 0.6) is 0 Å². The van der Waals surface area contributed by atoms with E-state index in [0.29, 0.717) is 0 Å². The lowest BCUT2D eigenvalue weighted by Crippen LogP contribution is -1.82. The molecule has 0 aromatic heterocycles. The molecule has 0 amide bonds. The Kier molecular flexibility index (Phi) is 2.32. The molecule has 0 heterocycles. The summed E-state index contributed by atoms with van der Waals surface area (Å²) in [5, 5.41) is 0. The zero-order valence-corrected chi connectivity index (χ0v) is 6.32. The quantitative estimate of drug-likeness (QED) is 0.505. The summed E-state index contributed by atoms with van der Waals surface area (Å²) in [5.74, 6) is 0.927. The Morgan fingerprint density at radius 1 is 1.56 bits per heavy atom. The van der Waals surface area contributed by atoms with Crippen molar-refractivity contribution >= 4 is 0 Å². The van der Waals surface area contributed by atoms with Crippen LogP contribution in [-0.2, 0) is 0 Å². The van der Waals surface area contributed by atoms with Crippen molar-refractivity contribution in [2.24, 2.45) is 5.92 Å². The second-order valence-electron chi connectivity index (χ2n) is 3.04. The molecular weight excluding hydrogens is 108 g/mol. The summed E-state index contributed by atoms with van der Waals surface area (Å²) in [4.78, 5) is 0. The van der Waals surface area contributed by atoms with Crippen molar-refractivity contribution in [3.63, 3.8) is 0 Å². The summed E-state index contributed by atoms with van der Waals surface area (Å²) in [6.07, 6.45) is 6.77. The highest BCUT2D eigenvalue weighted by Crippen LogP contribution is 2.37. The van der Waals surface area contributed by atoms with Crippen LogP contribution in [-0.4, -0.2) is 0 Å². The van der Waals surface area contributed by atoms with Gasteiger partial charge in [0.1, 0.15) is 0 Å². The maximum atomic E-state index is 4.05. The monoisotopic (exact) mass is 124 g/mol. The molecular formula is C9H16. The van der Waals surface area contributed by atoms with E-state index in [9.17, 15) is 0 Å². The molecule has 52 valence electrons. The summed E-state index contributed by atoms with van der Waals surface area (Å²) in [7, 11) is 0. The molecule has 0 heteroatoms. The highest BCUT2D eigenvalue weighted by Gasteiger charge is 2.23. The summed E-state index contributed by atoms with van der Waals surface area (Å²) in [6, 6.07) is 0. The molecule has 0 bridgehead atoms. The smallest absolute Gasteiger partial charge is 0.0205 e. The Balaban J connectivity index is 2.03. The molecule has 1 fully saturated rings. The van der Waals surface area contributed by atoms with Crippen molar-refractivity contribution in [3.8, 4) is 0 Å². The topological polar surface area (TPSA) is 0 Å². The molecule has 1 aliphatic carbocycles. The second-order valence-corrected chi connectivity index (χ2v) is 3.04. The normalized spacial score (nSPS) is 17.9. The maximum Gasteiger partial charge on any atom is -0.0205 e. The van der Waals surface area contributed by atoms with Crippen molar-refractivity contribution in [1.82, 2.24) is 0 Å². The highest BCUT2D eigenvalue weighted by atomic mass is 14.3. The number of unbranched alkanes of at least 4 members (excludes halogenated alkanes) is 1. The van der Waals surface area contributed by atoms with Crippen molar-refractivity contribution in [3.05, 3.63) is 12.2 Å². The van der Waals surface area contributed by atoms with Gasteiger partial charge < -0.3 is 0 Å². The van der Waals surface area contributed by atoms with Gasteiger partial charge in [0.15, 0.2) is 0 Å². The van der Waals surface area contributed by atoms with Gasteiger partial charge >= 0.3 is 0 Å². The fourth-order valence-electron chi connectivity index (χ4n) is 1.10. The van der Waals surface area contributed by atoms with Crippen LogP contribution in [0.4, 0.5) is 0 Å². The molecule has 0 nitrogen and oxygen atoms in total. The molecule has 0 N–H and O–H groups in total. The minimum atomic E-state index is 0.927. The van der Waals surface area contributed by atoms with E-state index in [1.807, 2.05) is 0 Å². The predicted molar refractivity (Wildman–Crippen MR) is 41.4 cm³/mol. The summed E-state index contributed by atoms with van der Waals surface area (Å²) in [6.45, 7) is 6.29. The molecule has 1 aliphatic rings. The lowest BCUT2D eigenvalue weighted by Gasteiger charge is -1.99. The van der Waals surface area contributed by atoms with Crippen LogP contribution >= 0.6 is 0 Å². The Morgan fingerprint density at radius 2 is 2.22 bits per heavy atom. The molecule has 0 saturated heterocycles. The number of allylic oxidation sites excluding steroid dienone is 1. The van der Waals surface area contributed by atoms with Gasteiger partial charge in [-0.2, -0.15) is 0 Å². The van der Waals surface area contributed by atoms with Crippen LogP contribution < -0.4 is 0 Å². The van der Waals surface area contributed by atoms with Gasteiger partial charge in [-0.05, 0) is 31.6 Å². The van der Waals surface area contributed by atoms with Gasteiger partial charge in [-0.3, -0.25) is 0 Å². The van der Waals surface area contributed by atoms with E-state index in [2.05, 4.69) is 13.5 Å². The minimum absolute atomic E-state index is 0.927. The van der Waals surface area contributed by atoms with Crippen LogP contribution in [0.25, 0.3) is 0 Å². The first-order chi connectivity index (χ1) is 4.34. The fraction of sp³-hybridized carbons (Fsp3) is 0.778. The van der Waals surface area contributed by atoms with Crippen molar-refractivity contribution in [2.45, 2.75) is 39.0 Å². The van der Waals surface area contributed by atoms with Crippen LogP contribution in [0.15, 0.2) is 12.2 Å². The van der Waals surface area contributed by atoms with E-state index in [4.69, 9.17) is 0 Å². The lowest BCUT2D eigenvalue weighted by atomic mass is 10.1. The van der Waals surface area contributed by atoms with Gasteiger partial charge in [0, 0.05) is 0 Å². The van der Waals surface area contributed by atoms with Crippen molar-refractivity contribution in [1.29, 1.82) is 0 Å². The Bertz CT molecular complexity index is 98.6. The first kappa shape index (κ1) is 6.85. The molecule has 1 saturated carbocycles. The molecule has 0 spiro atoms. The van der Waals surface area contributed by atoms with Gasteiger partial charge in [-0.15, -0.1) is 0 Å². The average molecular weight is 124 g/mol. The minimum Gasteiger partial charge on any atom is -0.0996 e. The van der Waals surface area contributed by atoms with E-state index in [0.717, 1.165) is 5.92 Å². The van der Waals surface area contributed by atoms with Gasteiger partial charge in [-0.1, -0.05) is 25.5 Å². The van der Waals surface area contributed by atoms with Crippen LogP contribution in [0.3, 0.4) is 0 Å². The number of rotatable bonds is 4. The summed E-state index contributed by atoms with van der Waals surface area (Å²) >= 11 is 0. The standard InChI is InChI=1S/C9H16/c1-3-4-5-8(2)9-6-7-9/h9H,2-7H2,1H3. The van der Waals surface area contributed by atoms with Crippen molar-refractivity contribution < 1.29 is 0 Å². The van der Waals surface area contributed by atoms with E-state index in [1.54, 1.807) is 0 Å². The molecule has 0 radical (unpaired) electrons. The Labute approximate surface area is 58.0 Å². The average Bonchev–Trinajstić information content (AvgIpc) is 2.63. The van der Waals surface area contributed by atoms with E-state index in [1.165, 1.54) is 37.7 Å². The zero-order chi connectivity index (χ0) is 6.69. The van der Waals surface area contributed by atoms with E-state index < -0.39 is 0 Å². The summed E-state index contributed by atoms with van der Waals surface area (Å²) < 4.78 is 0. The molecule has 1 rings (SSSR count). The Morgan fingerprint density at radius 3 is 2.67 bits per heavy atom. The van der Waals surface area contributed by atoms with Gasteiger partial charge in [0.25, 0.3) is 0 Å². The molecule has 9 heavy (non-hydrogen) atoms. The number of hydrogen-bond donors (Lipinski definition) is 0. The van der Waals surface area contributed by atoms with Gasteiger partial charge in [-0.25, -0.2) is 0 Å². The molecule has 0 atom stereocenters. The largest absolute Gasteiger partial charge is 0.0996 e. The third-order valence-electron chi connectivity index (χ3n) is 2.01. The van der Waals surface area contributed by atoms with Crippen LogP contribution in [0.1, 0.15) is 39.0 Å².